The normalized spacial score (nSPS) is 11.6. The van der Waals surface area contributed by atoms with Gasteiger partial charge in [-0.15, -0.1) is 0 Å². The van der Waals surface area contributed by atoms with E-state index >= 15 is 0 Å². The van der Waals surface area contributed by atoms with E-state index < -0.39 is 11.0 Å². The summed E-state index contributed by atoms with van der Waals surface area (Å²) in [6.07, 6.45) is 0. The van der Waals surface area contributed by atoms with Gasteiger partial charge in [-0.25, -0.2) is 0 Å². The lowest BCUT2D eigenvalue weighted by molar-refractivity contribution is -0.384. The van der Waals surface area contributed by atoms with Crippen LogP contribution in [0.4, 0.5) is 17.1 Å². The summed E-state index contributed by atoms with van der Waals surface area (Å²) in [6.45, 7) is 1.72. The molecule has 23 heavy (non-hydrogen) atoms. The molecule has 0 spiro atoms. The maximum absolute atomic E-state index is 12.2. The van der Waals surface area contributed by atoms with Gasteiger partial charge in [-0.2, -0.15) is 0 Å². The average Bonchev–Trinajstić information content (AvgIpc) is 2.49. The van der Waals surface area contributed by atoms with Crippen LogP contribution in [0.1, 0.15) is 6.92 Å². The highest BCUT2D eigenvalue weighted by Gasteiger charge is 2.16. The number of non-ortho nitro benzene ring substituents is 1. The van der Waals surface area contributed by atoms with Gasteiger partial charge in [0.15, 0.2) is 0 Å². The Hall–Kier alpha value is -1.87. The number of nitro benzene ring substituents is 1. The molecular formula is C15H13ClIN3O3. The van der Waals surface area contributed by atoms with Gasteiger partial charge < -0.3 is 10.6 Å². The van der Waals surface area contributed by atoms with Gasteiger partial charge in [-0.05, 0) is 53.8 Å². The second-order valence-corrected chi connectivity index (χ2v) is 6.44. The van der Waals surface area contributed by atoms with Crippen molar-refractivity contribution in [1.29, 1.82) is 0 Å². The number of nitrogens with one attached hydrogen (secondary N) is 2. The van der Waals surface area contributed by atoms with Crippen LogP contribution in [0.2, 0.25) is 5.02 Å². The molecular weight excluding hydrogens is 433 g/mol. The molecule has 0 aliphatic carbocycles. The number of hydrogen-bond acceptors (Lipinski definition) is 4. The predicted molar refractivity (Wildman–Crippen MR) is 99.0 cm³/mol. The van der Waals surface area contributed by atoms with Crippen LogP contribution in [0.25, 0.3) is 0 Å². The molecule has 0 aliphatic rings. The minimum absolute atomic E-state index is 0.119. The number of carbonyl (C=O) groups is 1. The third-order valence-corrected chi connectivity index (χ3v) is 4.01. The number of nitro groups is 1. The topological polar surface area (TPSA) is 84.3 Å². The van der Waals surface area contributed by atoms with Crippen molar-refractivity contribution < 1.29 is 9.72 Å². The number of nitrogens with zero attached hydrogens (tertiary/aromatic N) is 1. The molecule has 0 aliphatic heterocycles. The molecule has 1 unspecified atom stereocenters. The molecule has 120 valence electrons. The van der Waals surface area contributed by atoms with E-state index in [1.807, 2.05) is 24.3 Å². The maximum Gasteiger partial charge on any atom is 0.271 e. The molecule has 0 fully saturated rings. The molecule has 0 saturated carbocycles. The molecule has 8 heteroatoms. The van der Waals surface area contributed by atoms with Crippen molar-refractivity contribution in [2.24, 2.45) is 0 Å². The average molecular weight is 446 g/mol. The Labute approximate surface area is 151 Å². The van der Waals surface area contributed by atoms with Gasteiger partial charge in [0, 0.05) is 21.4 Å². The summed E-state index contributed by atoms with van der Waals surface area (Å²) in [4.78, 5) is 22.3. The monoisotopic (exact) mass is 445 g/mol. The Kier molecular flexibility index (Phi) is 5.78. The van der Waals surface area contributed by atoms with Crippen LogP contribution in [0.15, 0.2) is 42.5 Å². The number of rotatable bonds is 5. The molecule has 0 heterocycles. The molecule has 0 radical (unpaired) electrons. The summed E-state index contributed by atoms with van der Waals surface area (Å²) in [6, 6.07) is 11.0. The zero-order valence-corrected chi connectivity index (χ0v) is 15.0. The minimum atomic E-state index is -0.543. The van der Waals surface area contributed by atoms with Crippen LogP contribution < -0.4 is 10.6 Å². The summed E-state index contributed by atoms with van der Waals surface area (Å²) < 4.78 is 1.05. The predicted octanol–water partition coefficient (Wildman–Crippen LogP) is 4.29. The fraction of sp³-hybridized carbons (Fsp3) is 0.133. The maximum atomic E-state index is 12.2. The largest absolute Gasteiger partial charge is 0.374 e. The molecule has 1 amide bonds. The van der Waals surface area contributed by atoms with Crippen molar-refractivity contribution in [3.63, 3.8) is 0 Å². The van der Waals surface area contributed by atoms with Crippen LogP contribution in [0, 0.1) is 13.7 Å². The van der Waals surface area contributed by atoms with Crippen LogP contribution in [-0.4, -0.2) is 16.9 Å². The molecule has 2 aromatic carbocycles. The number of halogens is 2. The van der Waals surface area contributed by atoms with Gasteiger partial charge in [0.2, 0.25) is 5.91 Å². The van der Waals surface area contributed by atoms with Gasteiger partial charge >= 0.3 is 0 Å². The van der Waals surface area contributed by atoms with Crippen LogP contribution in [0.3, 0.4) is 0 Å². The first-order chi connectivity index (χ1) is 10.9. The van der Waals surface area contributed by atoms with Crippen LogP contribution >= 0.6 is 34.2 Å². The molecule has 2 N–H and O–H groups in total. The SMILES string of the molecule is CC(Nc1cccc(I)c1)C(=O)Nc1ccc([N+](=O)[O-])cc1Cl. The highest BCUT2D eigenvalue weighted by molar-refractivity contribution is 14.1. The van der Waals surface area contributed by atoms with Gasteiger partial charge in [0.25, 0.3) is 5.69 Å². The smallest absolute Gasteiger partial charge is 0.271 e. The summed E-state index contributed by atoms with van der Waals surface area (Å²) in [5.74, 6) is -0.292. The number of anilines is 2. The fourth-order valence-corrected chi connectivity index (χ4v) is 2.62. The first kappa shape index (κ1) is 17.5. The summed E-state index contributed by atoms with van der Waals surface area (Å²) in [7, 11) is 0. The molecule has 2 aromatic rings. The number of carbonyl (C=O) groups excluding carboxylic acids is 1. The summed E-state index contributed by atoms with van der Waals surface area (Å²) >= 11 is 8.15. The lowest BCUT2D eigenvalue weighted by Gasteiger charge is -2.16. The number of benzene rings is 2. The van der Waals surface area contributed by atoms with E-state index in [9.17, 15) is 14.9 Å². The van der Waals surface area contributed by atoms with Crippen LogP contribution in [-0.2, 0) is 4.79 Å². The molecule has 1 atom stereocenters. The Morgan fingerprint density at radius 1 is 1.30 bits per heavy atom. The van der Waals surface area contributed by atoms with E-state index in [-0.39, 0.29) is 16.6 Å². The highest BCUT2D eigenvalue weighted by Crippen LogP contribution is 2.26. The van der Waals surface area contributed by atoms with Gasteiger partial charge in [-0.3, -0.25) is 14.9 Å². The Bertz CT molecular complexity index is 754. The lowest BCUT2D eigenvalue weighted by Crippen LogP contribution is -2.31. The van der Waals surface area contributed by atoms with E-state index in [1.165, 1.54) is 18.2 Å². The van der Waals surface area contributed by atoms with Gasteiger partial charge in [-0.1, -0.05) is 17.7 Å². The molecule has 0 aromatic heterocycles. The molecule has 0 bridgehead atoms. The second kappa shape index (κ2) is 7.60. The van der Waals surface area contributed by atoms with Gasteiger partial charge in [0.1, 0.15) is 6.04 Å². The third-order valence-electron chi connectivity index (χ3n) is 3.02. The van der Waals surface area contributed by atoms with Crippen molar-refractivity contribution in [3.8, 4) is 0 Å². The van der Waals surface area contributed by atoms with Crippen molar-refractivity contribution in [2.45, 2.75) is 13.0 Å². The Morgan fingerprint density at radius 3 is 2.65 bits per heavy atom. The van der Waals surface area contributed by atoms with E-state index in [2.05, 4.69) is 33.2 Å². The van der Waals surface area contributed by atoms with Gasteiger partial charge in [0.05, 0.1) is 15.6 Å². The molecule has 6 nitrogen and oxygen atoms in total. The highest BCUT2D eigenvalue weighted by atomic mass is 127. The number of amides is 1. The van der Waals surface area contributed by atoms with Crippen molar-refractivity contribution in [3.05, 3.63) is 61.2 Å². The molecule has 2 rings (SSSR count). The second-order valence-electron chi connectivity index (χ2n) is 4.79. The fourth-order valence-electron chi connectivity index (χ4n) is 1.85. The quantitative estimate of drug-likeness (QED) is 0.408. The first-order valence-corrected chi connectivity index (χ1v) is 8.09. The van der Waals surface area contributed by atoms with Crippen molar-refractivity contribution in [1.82, 2.24) is 0 Å². The minimum Gasteiger partial charge on any atom is -0.374 e. The summed E-state index contributed by atoms with van der Waals surface area (Å²) in [5.41, 5.74) is 1.03. The van der Waals surface area contributed by atoms with Crippen LogP contribution in [0.5, 0.6) is 0 Å². The number of hydrogen-bond donors (Lipinski definition) is 2. The van der Waals surface area contributed by atoms with Crippen molar-refractivity contribution >= 4 is 57.2 Å². The van der Waals surface area contributed by atoms with E-state index in [4.69, 9.17) is 11.6 Å². The third kappa shape index (κ3) is 4.80. The first-order valence-electron chi connectivity index (χ1n) is 6.63. The Balaban J connectivity index is 2.05. The Morgan fingerprint density at radius 2 is 2.04 bits per heavy atom. The zero-order chi connectivity index (χ0) is 17.0. The van der Waals surface area contributed by atoms with E-state index in [1.54, 1.807) is 6.92 Å². The molecule has 0 saturated heterocycles. The zero-order valence-electron chi connectivity index (χ0n) is 12.0. The van der Waals surface area contributed by atoms with Crippen molar-refractivity contribution in [2.75, 3.05) is 10.6 Å². The van der Waals surface area contributed by atoms with E-state index in [0.29, 0.717) is 5.69 Å². The standard InChI is InChI=1S/C15H13ClIN3O3/c1-9(18-11-4-2-3-10(17)7-11)15(21)19-14-6-5-12(20(22)23)8-13(14)16/h2-9,18H,1H3,(H,19,21). The lowest BCUT2D eigenvalue weighted by atomic mass is 10.2. The summed E-state index contributed by atoms with van der Waals surface area (Å²) in [5, 5.41) is 16.5. The van der Waals surface area contributed by atoms with E-state index in [0.717, 1.165) is 9.26 Å².